The first-order valence-corrected chi connectivity index (χ1v) is 8.89. The Morgan fingerprint density at radius 1 is 1.15 bits per heavy atom. The van der Waals surface area contributed by atoms with Crippen LogP contribution in [-0.2, 0) is 30.7 Å². The van der Waals surface area contributed by atoms with Crippen LogP contribution in [0.2, 0.25) is 0 Å². The van der Waals surface area contributed by atoms with Crippen molar-refractivity contribution in [2.24, 2.45) is 0 Å². The Bertz CT molecular complexity index is 881. The largest absolute Gasteiger partial charge is 0.471 e. The summed E-state index contributed by atoms with van der Waals surface area (Å²) in [5.41, 5.74) is 0.292. The van der Waals surface area contributed by atoms with Gasteiger partial charge in [0.15, 0.2) is 0 Å². The average Bonchev–Trinajstić information content (AvgIpc) is 3.27. The lowest BCUT2D eigenvalue weighted by molar-refractivity contribution is -0.141. The SMILES string of the molecule is CCOCc1nc(Cn2cc(COc3cccc(C(F)(F)F)n3)nn2)cs1. The Kier molecular flexibility index (Phi) is 6.01. The lowest BCUT2D eigenvalue weighted by Gasteiger charge is -2.07. The molecule has 0 aliphatic rings. The maximum atomic E-state index is 12.7. The molecule has 0 spiro atoms. The van der Waals surface area contributed by atoms with Gasteiger partial charge in [-0.15, -0.1) is 16.4 Å². The summed E-state index contributed by atoms with van der Waals surface area (Å²) in [6.45, 7) is 3.41. The van der Waals surface area contributed by atoms with Gasteiger partial charge < -0.3 is 9.47 Å². The predicted molar refractivity (Wildman–Crippen MR) is 90.1 cm³/mol. The molecule has 0 saturated heterocycles. The van der Waals surface area contributed by atoms with Crippen molar-refractivity contribution < 1.29 is 22.6 Å². The van der Waals surface area contributed by atoms with E-state index in [1.54, 1.807) is 10.9 Å². The fourth-order valence-corrected chi connectivity index (χ4v) is 2.85. The van der Waals surface area contributed by atoms with Crippen molar-refractivity contribution in [2.45, 2.75) is 32.9 Å². The number of halogens is 3. The van der Waals surface area contributed by atoms with Gasteiger partial charge in [-0.3, -0.25) is 0 Å². The van der Waals surface area contributed by atoms with E-state index in [4.69, 9.17) is 9.47 Å². The highest BCUT2D eigenvalue weighted by atomic mass is 32.1. The number of hydrogen-bond donors (Lipinski definition) is 0. The third kappa shape index (κ3) is 5.47. The highest BCUT2D eigenvalue weighted by molar-refractivity contribution is 7.09. The number of nitrogens with zero attached hydrogens (tertiary/aromatic N) is 5. The molecule has 0 aromatic carbocycles. The Labute approximate surface area is 156 Å². The van der Waals surface area contributed by atoms with E-state index in [1.165, 1.54) is 23.5 Å². The molecule has 0 radical (unpaired) electrons. The van der Waals surface area contributed by atoms with Crippen LogP contribution in [0.25, 0.3) is 0 Å². The molecular weight excluding hydrogens is 383 g/mol. The fraction of sp³-hybridized carbons (Fsp3) is 0.375. The van der Waals surface area contributed by atoms with E-state index in [1.807, 2.05) is 12.3 Å². The third-order valence-corrected chi connectivity index (χ3v) is 4.19. The van der Waals surface area contributed by atoms with Crippen molar-refractivity contribution in [2.75, 3.05) is 6.61 Å². The minimum absolute atomic E-state index is 0.0407. The van der Waals surface area contributed by atoms with Crippen LogP contribution in [0.3, 0.4) is 0 Å². The van der Waals surface area contributed by atoms with E-state index in [9.17, 15) is 13.2 Å². The van der Waals surface area contributed by atoms with Gasteiger partial charge in [-0.1, -0.05) is 11.3 Å². The van der Waals surface area contributed by atoms with Crippen LogP contribution in [0, 0.1) is 0 Å². The van der Waals surface area contributed by atoms with Crippen molar-refractivity contribution >= 4 is 11.3 Å². The molecule has 3 aromatic rings. The minimum Gasteiger partial charge on any atom is -0.471 e. The van der Waals surface area contributed by atoms with E-state index in [-0.39, 0.29) is 12.5 Å². The Balaban J connectivity index is 1.56. The summed E-state index contributed by atoms with van der Waals surface area (Å²) in [7, 11) is 0. The molecule has 144 valence electrons. The van der Waals surface area contributed by atoms with Crippen molar-refractivity contribution in [3.63, 3.8) is 0 Å². The highest BCUT2D eigenvalue weighted by Crippen LogP contribution is 2.28. The van der Waals surface area contributed by atoms with Gasteiger partial charge in [-0.25, -0.2) is 14.6 Å². The van der Waals surface area contributed by atoms with Crippen LogP contribution in [0.1, 0.15) is 29.0 Å². The van der Waals surface area contributed by atoms with Crippen LogP contribution >= 0.6 is 11.3 Å². The predicted octanol–water partition coefficient (Wildman–Crippen LogP) is 3.31. The summed E-state index contributed by atoms with van der Waals surface area (Å²) in [6, 6.07) is 3.48. The Hall–Kier alpha value is -2.53. The molecule has 11 heteroatoms. The number of ether oxygens (including phenoxy) is 2. The quantitative estimate of drug-likeness (QED) is 0.579. The van der Waals surface area contributed by atoms with Crippen LogP contribution in [0.5, 0.6) is 5.88 Å². The van der Waals surface area contributed by atoms with Gasteiger partial charge in [-0.05, 0) is 13.0 Å². The number of aromatic nitrogens is 5. The van der Waals surface area contributed by atoms with Crippen LogP contribution in [0.4, 0.5) is 13.2 Å². The smallest absolute Gasteiger partial charge is 0.433 e. The molecule has 3 aromatic heterocycles. The Morgan fingerprint density at radius 2 is 2.00 bits per heavy atom. The summed E-state index contributed by atoms with van der Waals surface area (Å²) in [4.78, 5) is 7.87. The summed E-state index contributed by atoms with van der Waals surface area (Å²) in [5, 5.41) is 10.7. The molecule has 0 aliphatic carbocycles. The molecule has 0 saturated carbocycles. The zero-order valence-corrected chi connectivity index (χ0v) is 15.1. The maximum absolute atomic E-state index is 12.7. The van der Waals surface area contributed by atoms with Gasteiger partial charge in [0.05, 0.1) is 25.0 Å². The molecule has 0 atom stereocenters. The monoisotopic (exact) mass is 399 g/mol. The second-order valence-corrected chi connectivity index (χ2v) is 6.37. The molecule has 0 amide bonds. The molecule has 3 heterocycles. The number of pyridine rings is 1. The first-order chi connectivity index (χ1) is 12.9. The normalized spacial score (nSPS) is 11.7. The van der Waals surface area contributed by atoms with Crippen LogP contribution < -0.4 is 4.74 Å². The number of hydrogen-bond acceptors (Lipinski definition) is 7. The van der Waals surface area contributed by atoms with E-state index in [0.29, 0.717) is 25.5 Å². The molecule has 7 nitrogen and oxygen atoms in total. The number of alkyl halides is 3. The van der Waals surface area contributed by atoms with Gasteiger partial charge in [0, 0.05) is 18.1 Å². The summed E-state index contributed by atoms with van der Waals surface area (Å²) in [6.07, 6.45) is -2.87. The second-order valence-electron chi connectivity index (χ2n) is 5.42. The number of rotatable bonds is 8. The minimum atomic E-state index is -4.52. The summed E-state index contributed by atoms with van der Waals surface area (Å²) in [5.74, 6) is -0.126. The molecular formula is C16H16F3N5O2S. The lowest BCUT2D eigenvalue weighted by Crippen LogP contribution is -2.08. The second kappa shape index (κ2) is 8.44. The van der Waals surface area contributed by atoms with Gasteiger partial charge in [0.2, 0.25) is 5.88 Å². The third-order valence-electron chi connectivity index (χ3n) is 3.32. The molecule has 0 bridgehead atoms. The van der Waals surface area contributed by atoms with Gasteiger partial charge in [0.1, 0.15) is 23.0 Å². The molecule has 27 heavy (non-hydrogen) atoms. The van der Waals surface area contributed by atoms with Crippen molar-refractivity contribution in [3.05, 3.63) is 51.9 Å². The Morgan fingerprint density at radius 3 is 2.78 bits per heavy atom. The van der Waals surface area contributed by atoms with E-state index in [2.05, 4.69) is 20.3 Å². The molecule has 0 unspecified atom stereocenters. The van der Waals surface area contributed by atoms with Gasteiger partial charge >= 0.3 is 6.18 Å². The highest BCUT2D eigenvalue weighted by Gasteiger charge is 2.32. The van der Waals surface area contributed by atoms with E-state index < -0.39 is 11.9 Å². The standard InChI is InChI=1S/C16H16F3N5O2S/c1-2-25-9-15-20-12(10-27-15)7-24-6-11(22-23-24)8-26-14-5-3-4-13(21-14)16(17,18)19/h3-6,10H,2,7-9H2,1H3. The molecule has 0 N–H and O–H groups in total. The van der Waals surface area contributed by atoms with Crippen LogP contribution in [0.15, 0.2) is 29.8 Å². The molecule has 0 aliphatic heterocycles. The lowest BCUT2D eigenvalue weighted by atomic mass is 10.3. The first kappa shape index (κ1) is 19.2. The summed E-state index contributed by atoms with van der Waals surface area (Å²) >= 11 is 1.50. The van der Waals surface area contributed by atoms with Crippen molar-refractivity contribution in [1.29, 1.82) is 0 Å². The van der Waals surface area contributed by atoms with E-state index >= 15 is 0 Å². The summed E-state index contributed by atoms with van der Waals surface area (Å²) < 4.78 is 50.1. The van der Waals surface area contributed by atoms with Crippen molar-refractivity contribution in [3.8, 4) is 5.88 Å². The average molecular weight is 399 g/mol. The van der Waals surface area contributed by atoms with Gasteiger partial charge in [-0.2, -0.15) is 13.2 Å². The van der Waals surface area contributed by atoms with E-state index in [0.717, 1.165) is 16.8 Å². The maximum Gasteiger partial charge on any atom is 0.433 e. The topological polar surface area (TPSA) is 75.0 Å². The van der Waals surface area contributed by atoms with Crippen molar-refractivity contribution in [1.82, 2.24) is 25.0 Å². The number of thiazole rings is 1. The molecule has 3 rings (SSSR count). The molecule has 0 fully saturated rings. The van der Waals surface area contributed by atoms with Gasteiger partial charge in [0.25, 0.3) is 0 Å². The zero-order valence-electron chi connectivity index (χ0n) is 14.3. The fourth-order valence-electron chi connectivity index (χ4n) is 2.13. The van der Waals surface area contributed by atoms with Crippen LogP contribution in [-0.4, -0.2) is 31.6 Å². The first-order valence-electron chi connectivity index (χ1n) is 8.01. The zero-order chi connectivity index (χ0) is 19.3.